The van der Waals surface area contributed by atoms with Crippen LogP contribution < -0.4 is 34.9 Å². The number of carboxylic acids is 1. The molecule has 1 aromatic rings. The van der Waals surface area contributed by atoms with Gasteiger partial charge in [-0.05, 0) is 30.2 Å². The average Bonchev–Trinajstić information content (AvgIpc) is 2.15. The van der Waals surface area contributed by atoms with E-state index in [1.54, 1.807) is 24.3 Å². The number of hydrogen-bond donors (Lipinski definition) is 2. The Bertz CT molecular complexity index is 346. The van der Waals surface area contributed by atoms with Gasteiger partial charge in [-0.25, -0.2) is 4.79 Å². The van der Waals surface area contributed by atoms with Crippen LogP contribution in [0.1, 0.15) is 15.3 Å². The van der Waals surface area contributed by atoms with E-state index in [2.05, 4.69) is 5.32 Å². The average molecular weight is 252 g/mol. The molecule has 0 aliphatic carbocycles. The molecular formula is C11H15ClNNaO2. The van der Waals surface area contributed by atoms with Crippen LogP contribution in [0.3, 0.4) is 0 Å². The summed E-state index contributed by atoms with van der Waals surface area (Å²) in [6.07, 6.45) is 0. The third kappa shape index (κ3) is 4.74. The first kappa shape index (κ1) is 15.8. The maximum Gasteiger partial charge on any atom is 1.00 e. The van der Waals surface area contributed by atoms with E-state index in [4.69, 9.17) is 16.7 Å². The van der Waals surface area contributed by atoms with Crippen molar-refractivity contribution in [2.45, 2.75) is 19.9 Å². The molecule has 3 nitrogen and oxygen atoms in total. The Balaban J connectivity index is 0. The molecule has 1 rings (SSSR count). The Morgan fingerprint density at radius 2 is 1.88 bits per heavy atom. The molecule has 2 N–H and O–H groups in total. The first-order chi connectivity index (χ1) is 7.00. The monoisotopic (exact) mass is 251 g/mol. The molecule has 5 heteroatoms. The minimum Gasteiger partial charge on any atom is -1.00 e. The number of carbonyl (C=O) groups is 1. The second-order valence-corrected chi connectivity index (χ2v) is 4.15. The van der Waals surface area contributed by atoms with Crippen LogP contribution in [0.2, 0.25) is 5.02 Å². The van der Waals surface area contributed by atoms with Crippen LogP contribution in [0.4, 0.5) is 5.69 Å². The van der Waals surface area contributed by atoms with Gasteiger partial charge in [-0.15, -0.1) is 0 Å². The molecule has 0 aliphatic heterocycles. The maximum atomic E-state index is 10.9. The molecule has 1 atom stereocenters. The molecule has 0 heterocycles. The van der Waals surface area contributed by atoms with Crippen molar-refractivity contribution in [3.05, 3.63) is 29.3 Å². The molecule has 0 saturated carbocycles. The van der Waals surface area contributed by atoms with E-state index in [1.807, 2.05) is 13.8 Å². The van der Waals surface area contributed by atoms with Gasteiger partial charge >= 0.3 is 35.5 Å². The number of benzene rings is 1. The second kappa shape index (κ2) is 7.17. The van der Waals surface area contributed by atoms with Crippen LogP contribution in [-0.2, 0) is 4.79 Å². The van der Waals surface area contributed by atoms with E-state index < -0.39 is 12.0 Å². The summed E-state index contributed by atoms with van der Waals surface area (Å²) in [7, 11) is 0. The zero-order valence-corrected chi connectivity index (χ0v) is 12.5. The van der Waals surface area contributed by atoms with Gasteiger partial charge in [0.05, 0.1) is 0 Å². The molecular weight excluding hydrogens is 237 g/mol. The number of rotatable bonds is 4. The third-order valence-corrected chi connectivity index (χ3v) is 2.35. The molecule has 0 radical (unpaired) electrons. The summed E-state index contributed by atoms with van der Waals surface area (Å²) in [6.45, 7) is 3.73. The standard InChI is InChI=1S/C11H14ClNO2.Na.H/c1-7(2)10(11(14)15)13-9-5-3-8(12)4-6-9;;/h3-7,10,13H,1-2H3,(H,14,15);;/q;+1;-1. The fourth-order valence-electron chi connectivity index (χ4n) is 1.24. The number of aliphatic carboxylic acids is 1. The quantitative estimate of drug-likeness (QED) is 0.740. The Morgan fingerprint density at radius 1 is 1.38 bits per heavy atom. The van der Waals surface area contributed by atoms with Gasteiger partial charge in [-0.2, -0.15) is 0 Å². The smallest absolute Gasteiger partial charge is 1.00 e. The van der Waals surface area contributed by atoms with Crippen molar-refractivity contribution in [1.82, 2.24) is 0 Å². The maximum absolute atomic E-state index is 10.9. The Labute approximate surface area is 124 Å². The largest absolute Gasteiger partial charge is 1.00 e. The van der Waals surface area contributed by atoms with Gasteiger partial charge in [0, 0.05) is 10.7 Å². The summed E-state index contributed by atoms with van der Waals surface area (Å²) >= 11 is 5.73. The summed E-state index contributed by atoms with van der Waals surface area (Å²) in [4.78, 5) is 10.9. The fraction of sp³-hybridized carbons (Fsp3) is 0.364. The van der Waals surface area contributed by atoms with Crippen LogP contribution in [0, 0.1) is 5.92 Å². The number of nitrogens with one attached hydrogen (secondary N) is 1. The molecule has 1 unspecified atom stereocenters. The van der Waals surface area contributed by atoms with Crippen molar-refractivity contribution in [2.24, 2.45) is 5.92 Å². The SMILES string of the molecule is CC(C)C(Nc1ccc(Cl)cc1)C(=O)O.[H-].[Na+]. The van der Waals surface area contributed by atoms with Gasteiger partial charge in [-0.1, -0.05) is 25.4 Å². The molecule has 84 valence electrons. The minimum absolute atomic E-state index is 0. The van der Waals surface area contributed by atoms with Crippen molar-refractivity contribution < 1.29 is 40.9 Å². The van der Waals surface area contributed by atoms with Crippen molar-refractivity contribution >= 4 is 23.3 Å². The molecule has 0 aromatic heterocycles. The van der Waals surface area contributed by atoms with Crippen molar-refractivity contribution in [3.63, 3.8) is 0 Å². The van der Waals surface area contributed by atoms with E-state index in [0.717, 1.165) is 5.69 Å². The van der Waals surface area contributed by atoms with Crippen LogP contribution in [0.5, 0.6) is 0 Å². The van der Waals surface area contributed by atoms with Crippen molar-refractivity contribution in [3.8, 4) is 0 Å². The zero-order valence-electron chi connectivity index (χ0n) is 10.7. The summed E-state index contributed by atoms with van der Waals surface area (Å²) < 4.78 is 0. The predicted octanol–water partition coefficient (Wildman–Crippen LogP) is -0.0224. The summed E-state index contributed by atoms with van der Waals surface area (Å²) in [5.74, 6) is -0.821. The van der Waals surface area contributed by atoms with E-state index in [0.29, 0.717) is 5.02 Å². The number of carboxylic acid groups (broad SMARTS) is 1. The molecule has 0 saturated heterocycles. The van der Waals surface area contributed by atoms with E-state index >= 15 is 0 Å². The molecule has 0 spiro atoms. The minimum atomic E-state index is -0.847. The molecule has 0 amide bonds. The van der Waals surface area contributed by atoms with Crippen molar-refractivity contribution in [1.29, 1.82) is 0 Å². The second-order valence-electron chi connectivity index (χ2n) is 3.71. The van der Waals surface area contributed by atoms with E-state index in [1.165, 1.54) is 0 Å². The van der Waals surface area contributed by atoms with Gasteiger partial charge in [0.2, 0.25) is 0 Å². The Hall–Kier alpha value is -0.220. The molecule has 0 aliphatic rings. The molecule has 0 bridgehead atoms. The van der Waals surface area contributed by atoms with Crippen molar-refractivity contribution in [2.75, 3.05) is 5.32 Å². The van der Waals surface area contributed by atoms with Gasteiger partial charge in [0.15, 0.2) is 0 Å². The van der Waals surface area contributed by atoms with Gasteiger partial charge in [0.1, 0.15) is 6.04 Å². The van der Waals surface area contributed by atoms with E-state index in [-0.39, 0.29) is 36.9 Å². The number of hydrogen-bond acceptors (Lipinski definition) is 2. The summed E-state index contributed by atoms with van der Waals surface area (Å²) in [5, 5.41) is 12.6. The number of halogens is 1. The molecule has 16 heavy (non-hydrogen) atoms. The van der Waals surface area contributed by atoms with Gasteiger partial charge < -0.3 is 11.8 Å². The van der Waals surface area contributed by atoms with Crippen LogP contribution in [0.15, 0.2) is 24.3 Å². The topological polar surface area (TPSA) is 49.3 Å². The van der Waals surface area contributed by atoms with Crippen LogP contribution in [0.25, 0.3) is 0 Å². The number of anilines is 1. The molecule has 0 fully saturated rings. The first-order valence-corrected chi connectivity index (χ1v) is 5.13. The Morgan fingerprint density at radius 3 is 2.25 bits per heavy atom. The molecule has 1 aromatic carbocycles. The third-order valence-electron chi connectivity index (χ3n) is 2.10. The summed E-state index contributed by atoms with van der Waals surface area (Å²) in [6, 6.07) is 6.40. The van der Waals surface area contributed by atoms with Gasteiger partial charge in [-0.3, -0.25) is 0 Å². The normalized spacial score (nSPS) is 11.8. The van der Waals surface area contributed by atoms with E-state index in [9.17, 15) is 4.79 Å². The predicted molar refractivity (Wildman–Crippen MR) is 62.4 cm³/mol. The summed E-state index contributed by atoms with van der Waals surface area (Å²) in [5.41, 5.74) is 0.764. The zero-order chi connectivity index (χ0) is 11.4. The Kier molecular flexibility index (Phi) is 7.07. The van der Waals surface area contributed by atoms with Crippen LogP contribution in [-0.4, -0.2) is 17.1 Å². The first-order valence-electron chi connectivity index (χ1n) is 4.75. The van der Waals surface area contributed by atoms with Crippen LogP contribution >= 0.6 is 11.6 Å². The fourth-order valence-corrected chi connectivity index (χ4v) is 1.37. The van der Waals surface area contributed by atoms with Gasteiger partial charge in [0.25, 0.3) is 0 Å².